The van der Waals surface area contributed by atoms with Crippen molar-refractivity contribution < 1.29 is 19.0 Å². The van der Waals surface area contributed by atoms with E-state index in [1.165, 1.54) is 13.2 Å². The molecular formula is C23H28FN3O3. The molecule has 2 aromatic heterocycles. The Morgan fingerprint density at radius 1 is 1.30 bits per heavy atom. The van der Waals surface area contributed by atoms with Gasteiger partial charge < -0.3 is 9.84 Å². The zero-order valence-corrected chi connectivity index (χ0v) is 18.3. The van der Waals surface area contributed by atoms with E-state index in [1.54, 1.807) is 23.6 Å². The van der Waals surface area contributed by atoms with E-state index in [-0.39, 0.29) is 11.0 Å². The van der Waals surface area contributed by atoms with E-state index >= 15 is 4.39 Å². The molecule has 0 amide bonds. The Hall–Kier alpha value is -2.96. The number of carboxylic acids is 1. The van der Waals surface area contributed by atoms with Crippen molar-refractivity contribution in [1.82, 2.24) is 14.6 Å². The number of ether oxygens (including phenoxy) is 1. The van der Waals surface area contributed by atoms with Gasteiger partial charge in [-0.2, -0.15) is 5.10 Å². The average molecular weight is 413 g/mol. The van der Waals surface area contributed by atoms with E-state index in [0.29, 0.717) is 41.2 Å². The molecule has 0 saturated heterocycles. The Bertz CT molecular complexity index is 1100. The van der Waals surface area contributed by atoms with E-state index in [2.05, 4.69) is 4.98 Å². The molecule has 2 heterocycles. The zero-order valence-electron chi connectivity index (χ0n) is 18.3. The maximum absolute atomic E-state index is 15.2. The smallest absolute Gasteiger partial charge is 0.311 e. The van der Waals surface area contributed by atoms with Crippen LogP contribution in [-0.2, 0) is 10.2 Å². The number of hydrogen-bond donors (Lipinski definition) is 1. The molecule has 7 heteroatoms. The lowest BCUT2D eigenvalue weighted by Crippen LogP contribution is -2.18. The van der Waals surface area contributed by atoms with Crippen LogP contribution in [0, 0.1) is 12.7 Å². The van der Waals surface area contributed by atoms with Gasteiger partial charge >= 0.3 is 5.97 Å². The normalized spacial score (nSPS) is 12.9. The number of methoxy groups -OCH3 is 1. The molecule has 6 nitrogen and oxygen atoms in total. The second-order valence-corrected chi connectivity index (χ2v) is 8.53. The molecule has 1 unspecified atom stereocenters. The predicted molar refractivity (Wildman–Crippen MR) is 114 cm³/mol. The maximum Gasteiger partial charge on any atom is 0.311 e. The number of carboxylic acid groups (broad SMARTS) is 1. The largest absolute Gasteiger partial charge is 0.497 e. The van der Waals surface area contributed by atoms with Gasteiger partial charge in [-0.25, -0.2) is 13.9 Å². The Morgan fingerprint density at radius 2 is 2.00 bits per heavy atom. The van der Waals surface area contributed by atoms with Crippen LogP contribution in [0.4, 0.5) is 4.39 Å². The van der Waals surface area contributed by atoms with Crippen molar-refractivity contribution in [3.63, 3.8) is 0 Å². The van der Waals surface area contributed by atoms with E-state index in [1.807, 2.05) is 33.8 Å². The molecule has 3 rings (SSSR count). The molecule has 30 heavy (non-hydrogen) atoms. The monoisotopic (exact) mass is 413 g/mol. The highest BCUT2D eigenvalue weighted by atomic mass is 19.1. The highest BCUT2D eigenvalue weighted by molar-refractivity contribution is 5.81. The summed E-state index contributed by atoms with van der Waals surface area (Å²) in [6.45, 7) is 9.81. The summed E-state index contributed by atoms with van der Waals surface area (Å²) in [6.07, 6.45) is 1.09. The summed E-state index contributed by atoms with van der Waals surface area (Å²) in [6, 6.07) is 6.44. The van der Waals surface area contributed by atoms with Crippen molar-refractivity contribution in [2.45, 2.75) is 58.8 Å². The number of rotatable bonds is 6. The Labute approximate surface area is 175 Å². The van der Waals surface area contributed by atoms with Crippen molar-refractivity contribution in [3.05, 3.63) is 47.0 Å². The van der Waals surface area contributed by atoms with Gasteiger partial charge in [0, 0.05) is 34.4 Å². The van der Waals surface area contributed by atoms with E-state index in [0.717, 1.165) is 5.69 Å². The quantitative estimate of drug-likeness (QED) is 0.607. The van der Waals surface area contributed by atoms with Gasteiger partial charge in [0.25, 0.3) is 0 Å². The Kier molecular flexibility index (Phi) is 5.83. The molecule has 3 aromatic rings. The molecule has 0 saturated carbocycles. The van der Waals surface area contributed by atoms with Crippen LogP contribution in [0.3, 0.4) is 0 Å². The Morgan fingerprint density at radius 3 is 2.53 bits per heavy atom. The first-order chi connectivity index (χ1) is 14.1. The summed E-state index contributed by atoms with van der Waals surface area (Å²) >= 11 is 0. The molecule has 0 bridgehead atoms. The van der Waals surface area contributed by atoms with Crippen LogP contribution >= 0.6 is 0 Å². The molecule has 1 atom stereocenters. The number of aliphatic carboxylic acids is 1. The lowest BCUT2D eigenvalue weighted by atomic mass is 9.89. The highest BCUT2D eigenvalue weighted by Gasteiger charge is 2.30. The summed E-state index contributed by atoms with van der Waals surface area (Å²) < 4.78 is 21.9. The third-order valence-corrected chi connectivity index (χ3v) is 5.25. The van der Waals surface area contributed by atoms with Gasteiger partial charge in [0.1, 0.15) is 11.6 Å². The first kappa shape index (κ1) is 21.7. The molecular weight excluding hydrogens is 385 g/mol. The van der Waals surface area contributed by atoms with Gasteiger partial charge in [0.15, 0.2) is 5.65 Å². The number of aromatic nitrogens is 3. The van der Waals surface area contributed by atoms with Gasteiger partial charge in [-0.05, 0) is 25.5 Å². The van der Waals surface area contributed by atoms with Crippen LogP contribution in [0.1, 0.15) is 63.4 Å². The summed E-state index contributed by atoms with van der Waals surface area (Å²) in [5, 5.41) is 14.7. The van der Waals surface area contributed by atoms with Gasteiger partial charge in [-0.3, -0.25) is 4.79 Å². The molecule has 0 fully saturated rings. The highest BCUT2D eigenvalue weighted by Crippen LogP contribution is 2.37. The van der Waals surface area contributed by atoms with E-state index in [9.17, 15) is 9.90 Å². The minimum Gasteiger partial charge on any atom is -0.497 e. The van der Waals surface area contributed by atoms with Crippen LogP contribution < -0.4 is 4.74 Å². The van der Waals surface area contributed by atoms with Crippen molar-refractivity contribution in [1.29, 1.82) is 0 Å². The lowest BCUT2D eigenvalue weighted by molar-refractivity contribution is -0.139. The fourth-order valence-corrected chi connectivity index (χ4v) is 3.67. The molecule has 0 radical (unpaired) electrons. The van der Waals surface area contributed by atoms with Gasteiger partial charge in [-0.1, -0.05) is 34.1 Å². The number of benzene rings is 1. The summed E-state index contributed by atoms with van der Waals surface area (Å²) in [4.78, 5) is 16.8. The van der Waals surface area contributed by atoms with E-state index < -0.39 is 17.7 Å². The van der Waals surface area contributed by atoms with Crippen LogP contribution in [0.2, 0.25) is 0 Å². The molecule has 1 aromatic carbocycles. The summed E-state index contributed by atoms with van der Waals surface area (Å²) in [5.41, 5.74) is 2.86. The van der Waals surface area contributed by atoms with Gasteiger partial charge in [-0.15, -0.1) is 0 Å². The summed E-state index contributed by atoms with van der Waals surface area (Å²) in [5.74, 6) is -1.89. The van der Waals surface area contributed by atoms with Gasteiger partial charge in [0.2, 0.25) is 0 Å². The number of fused-ring (bicyclic) bond motifs is 1. The van der Waals surface area contributed by atoms with E-state index in [4.69, 9.17) is 9.84 Å². The van der Waals surface area contributed by atoms with Crippen LogP contribution in [0.15, 0.2) is 24.3 Å². The number of hydrogen-bond acceptors (Lipinski definition) is 4. The second-order valence-electron chi connectivity index (χ2n) is 8.53. The van der Waals surface area contributed by atoms with Crippen molar-refractivity contribution >= 4 is 11.6 Å². The molecule has 0 spiro atoms. The minimum atomic E-state index is -0.959. The number of aryl methyl sites for hydroxylation is 1. The molecule has 0 aliphatic heterocycles. The van der Waals surface area contributed by atoms with Gasteiger partial charge in [0.05, 0.1) is 24.4 Å². The standard InChI is InChI=1S/C23H28FN3O3/c1-7-8-16(22(28)29)20-13(2)25-19-12-18(23(3,4)5)26-27(19)21(20)15-10-9-14(30-6)11-17(15)24/h9-12,16H,7-8H2,1-6H3,(H,28,29). The second kappa shape index (κ2) is 8.05. The lowest BCUT2D eigenvalue weighted by Gasteiger charge is -2.20. The topological polar surface area (TPSA) is 76.7 Å². The first-order valence-corrected chi connectivity index (χ1v) is 10.1. The number of nitrogens with zero attached hydrogens (tertiary/aromatic N) is 3. The third-order valence-electron chi connectivity index (χ3n) is 5.25. The molecule has 0 aliphatic rings. The van der Waals surface area contributed by atoms with Crippen LogP contribution in [0.5, 0.6) is 5.75 Å². The maximum atomic E-state index is 15.2. The molecule has 160 valence electrons. The zero-order chi connectivity index (χ0) is 22.2. The predicted octanol–water partition coefficient (Wildman–Crippen LogP) is 5.12. The van der Waals surface area contributed by atoms with Crippen LogP contribution in [-0.4, -0.2) is 32.8 Å². The molecule has 1 N–H and O–H groups in total. The van der Waals surface area contributed by atoms with Crippen molar-refractivity contribution in [2.75, 3.05) is 7.11 Å². The fourth-order valence-electron chi connectivity index (χ4n) is 3.67. The Balaban J connectivity index is 2.44. The SMILES string of the molecule is CCCC(C(=O)O)c1c(C)nc2cc(C(C)(C)C)nn2c1-c1ccc(OC)cc1F. The third kappa shape index (κ3) is 3.88. The first-order valence-electron chi connectivity index (χ1n) is 10.1. The van der Waals surface area contributed by atoms with Crippen LogP contribution in [0.25, 0.3) is 16.9 Å². The summed E-state index contributed by atoms with van der Waals surface area (Å²) in [7, 11) is 1.47. The van der Waals surface area contributed by atoms with Crippen molar-refractivity contribution in [2.24, 2.45) is 0 Å². The fraction of sp³-hybridized carbons (Fsp3) is 0.435. The number of carbonyl (C=O) groups is 1. The average Bonchev–Trinajstić information content (AvgIpc) is 3.09. The minimum absolute atomic E-state index is 0.243. The molecule has 0 aliphatic carbocycles. The van der Waals surface area contributed by atoms with Crippen molar-refractivity contribution in [3.8, 4) is 17.0 Å². The number of halogens is 1.